The second-order valence-electron chi connectivity index (χ2n) is 3.17. The summed E-state index contributed by atoms with van der Waals surface area (Å²) in [7, 11) is 0. The monoisotopic (exact) mass is 270 g/mol. The molecule has 0 radical (unpaired) electrons. The van der Waals surface area contributed by atoms with E-state index in [-0.39, 0.29) is 11.7 Å². The van der Waals surface area contributed by atoms with Crippen LogP contribution >= 0.6 is 11.3 Å². The first-order chi connectivity index (χ1) is 8.58. The molecule has 0 bridgehead atoms. The van der Waals surface area contributed by atoms with Gasteiger partial charge in [0.2, 0.25) is 10.9 Å². The predicted octanol–water partition coefficient (Wildman–Crippen LogP) is 1.75. The minimum Gasteiger partial charge on any atom is -0.477 e. The van der Waals surface area contributed by atoms with Crippen LogP contribution in [0.3, 0.4) is 0 Å². The van der Waals surface area contributed by atoms with Gasteiger partial charge < -0.3 is 10.5 Å². The van der Waals surface area contributed by atoms with Gasteiger partial charge in [-0.1, -0.05) is 17.4 Å². The maximum Gasteiger partial charge on any atom is 0.314 e. The first-order valence-corrected chi connectivity index (χ1v) is 5.53. The molecule has 2 rings (SSSR count). The van der Waals surface area contributed by atoms with Gasteiger partial charge in [-0.2, -0.15) is 0 Å². The van der Waals surface area contributed by atoms with Crippen LogP contribution in [0.4, 0.5) is 15.2 Å². The van der Waals surface area contributed by atoms with Crippen molar-refractivity contribution in [2.24, 2.45) is 0 Å². The van der Waals surface area contributed by atoms with Crippen molar-refractivity contribution in [2.45, 2.75) is 6.61 Å². The smallest absolute Gasteiger partial charge is 0.314 e. The molecule has 0 aliphatic carbocycles. The quantitative estimate of drug-likeness (QED) is 0.670. The molecule has 0 amide bonds. The summed E-state index contributed by atoms with van der Waals surface area (Å²) in [5, 5.41) is 18.6. The van der Waals surface area contributed by atoms with Crippen LogP contribution in [0.5, 0.6) is 5.75 Å². The first-order valence-electron chi connectivity index (χ1n) is 4.71. The zero-order chi connectivity index (χ0) is 13.1. The van der Waals surface area contributed by atoms with Gasteiger partial charge in [0.25, 0.3) is 0 Å². The van der Waals surface area contributed by atoms with E-state index >= 15 is 0 Å². The lowest BCUT2D eigenvalue weighted by atomic mass is 10.3. The van der Waals surface area contributed by atoms with Crippen LogP contribution in [-0.4, -0.2) is 15.1 Å². The average Bonchev–Trinajstić information content (AvgIpc) is 2.73. The maximum atomic E-state index is 13.4. The molecule has 0 fully saturated rings. The second-order valence-corrected chi connectivity index (χ2v) is 4.26. The van der Waals surface area contributed by atoms with Crippen molar-refractivity contribution < 1.29 is 14.1 Å². The number of nitro benzene ring substituents is 1. The fourth-order valence-electron chi connectivity index (χ4n) is 1.24. The van der Waals surface area contributed by atoms with Crippen LogP contribution in [-0.2, 0) is 6.61 Å². The zero-order valence-electron chi connectivity index (χ0n) is 8.87. The Morgan fingerprint density at radius 1 is 1.50 bits per heavy atom. The lowest BCUT2D eigenvalue weighted by Gasteiger charge is -2.05. The van der Waals surface area contributed by atoms with Gasteiger partial charge in [-0.15, -0.1) is 10.2 Å². The van der Waals surface area contributed by atoms with E-state index in [2.05, 4.69) is 10.2 Å². The molecule has 1 aromatic carbocycles. The molecule has 0 aliphatic rings. The summed E-state index contributed by atoms with van der Waals surface area (Å²) in [6.45, 7) is -0.128. The normalized spacial score (nSPS) is 10.3. The Balaban J connectivity index is 2.20. The number of rotatable bonds is 4. The Bertz CT molecular complexity index is 589. The molecule has 0 unspecified atom stereocenters. The fraction of sp³-hybridized carbons (Fsp3) is 0.111. The van der Waals surface area contributed by atoms with E-state index in [9.17, 15) is 14.5 Å². The number of nitro groups is 1. The number of ether oxygens (including phenoxy) is 1. The Morgan fingerprint density at radius 2 is 2.28 bits per heavy atom. The molecule has 0 aliphatic heterocycles. The lowest BCUT2D eigenvalue weighted by molar-refractivity contribution is -0.386. The third kappa shape index (κ3) is 2.51. The predicted molar refractivity (Wildman–Crippen MR) is 61.7 cm³/mol. The summed E-state index contributed by atoms with van der Waals surface area (Å²) >= 11 is 1.07. The Hall–Kier alpha value is -2.29. The Morgan fingerprint density at radius 3 is 2.89 bits per heavy atom. The van der Waals surface area contributed by atoms with Gasteiger partial charge in [-0.05, 0) is 6.07 Å². The number of nitrogens with two attached hydrogens (primary N) is 1. The molecule has 0 saturated carbocycles. The van der Waals surface area contributed by atoms with E-state index in [0.717, 1.165) is 23.5 Å². The summed E-state index contributed by atoms with van der Waals surface area (Å²) in [6.07, 6.45) is 0. The van der Waals surface area contributed by atoms with E-state index in [0.29, 0.717) is 5.01 Å². The highest BCUT2D eigenvalue weighted by atomic mass is 32.1. The third-order valence-corrected chi connectivity index (χ3v) is 2.69. The van der Waals surface area contributed by atoms with Gasteiger partial charge in [0, 0.05) is 6.07 Å². The molecule has 1 heterocycles. The molecule has 0 atom stereocenters. The highest BCUT2D eigenvalue weighted by molar-refractivity contribution is 7.15. The van der Waals surface area contributed by atoms with Crippen molar-refractivity contribution in [1.82, 2.24) is 10.2 Å². The summed E-state index contributed by atoms with van der Waals surface area (Å²) in [5.41, 5.74) is 4.93. The molecule has 0 spiro atoms. The molecule has 94 valence electrons. The standard InChI is InChI=1S/C9H7FN4O3S/c10-5-2-1-3-6(14(15)16)8(5)17-4-7-12-13-9(11)18-7/h1-3H,4H2,(H2,11,13). The third-order valence-electron chi connectivity index (χ3n) is 1.97. The summed E-state index contributed by atoms with van der Waals surface area (Å²) in [6, 6.07) is 3.48. The second kappa shape index (κ2) is 4.92. The molecule has 2 N–H and O–H groups in total. The summed E-state index contributed by atoms with van der Waals surface area (Å²) in [5.74, 6) is -1.22. The molecule has 18 heavy (non-hydrogen) atoms. The topological polar surface area (TPSA) is 104 Å². The van der Waals surface area contributed by atoms with Gasteiger partial charge in [0.1, 0.15) is 6.61 Å². The Labute approximate surface area is 104 Å². The first kappa shape index (κ1) is 12.2. The minimum absolute atomic E-state index is 0.128. The van der Waals surface area contributed by atoms with E-state index < -0.39 is 22.2 Å². The van der Waals surface area contributed by atoms with Gasteiger partial charge in [-0.3, -0.25) is 10.1 Å². The van der Waals surface area contributed by atoms with E-state index in [1.165, 1.54) is 6.07 Å². The minimum atomic E-state index is -0.804. The molecule has 0 saturated heterocycles. The number of halogens is 1. The highest BCUT2D eigenvalue weighted by Gasteiger charge is 2.19. The molecule has 7 nitrogen and oxygen atoms in total. The maximum absolute atomic E-state index is 13.4. The number of hydrogen-bond donors (Lipinski definition) is 1. The zero-order valence-corrected chi connectivity index (χ0v) is 9.69. The van der Waals surface area contributed by atoms with Crippen molar-refractivity contribution in [3.63, 3.8) is 0 Å². The van der Waals surface area contributed by atoms with Crippen molar-refractivity contribution in [3.05, 3.63) is 39.1 Å². The number of aromatic nitrogens is 2. The van der Waals surface area contributed by atoms with Crippen LogP contribution in [0, 0.1) is 15.9 Å². The Kier molecular flexibility index (Phi) is 3.33. The van der Waals surface area contributed by atoms with Crippen LogP contribution in [0.1, 0.15) is 5.01 Å². The van der Waals surface area contributed by atoms with Crippen molar-refractivity contribution in [3.8, 4) is 5.75 Å². The fourth-order valence-corrected chi connectivity index (χ4v) is 1.77. The number of nitrogen functional groups attached to an aromatic ring is 1. The van der Waals surface area contributed by atoms with Gasteiger partial charge in [0.15, 0.2) is 10.8 Å². The van der Waals surface area contributed by atoms with Crippen LogP contribution in [0.2, 0.25) is 0 Å². The van der Waals surface area contributed by atoms with Crippen molar-refractivity contribution in [2.75, 3.05) is 5.73 Å². The molecule has 9 heteroatoms. The summed E-state index contributed by atoms with van der Waals surface area (Å²) in [4.78, 5) is 9.99. The molecule has 2 aromatic rings. The van der Waals surface area contributed by atoms with Crippen LogP contribution in [0.15, 0.2) is 18.2 Å². The number of anilines is 1. The van der Waals surface area contributed by atoms with Crippen LogP contribution in [0.25, 0.3) is 0 Å². The number of nitrogens with zero attached hydrogens (tertiary/aromatic N) is 3. The highest BCUT2D eigenvalue weighted by Crippen LogP contribution is 2.30. The average molecular weight is 270 g/mol. The van der Waals surface area contributed by atoms with E-state index in [1.807, 2.05) is 0 Å². The SMILES string of the molecule is Nc1nnc(COc2c(F)cccc2[N+](=O)[O-])s1. The number of para-hydroxylation sites is 1. The molecule has 1 aromatic heterocycles. The van der Waals surface area contributed by atoms with E-state index in [4.69, 9.17) is 10.5 Å². The van der Waals surface area contributed by atoms with Gasteiger partial charge in [0.05, 0.1) is 4.92 Å². The van der Waals surface area contributed by atoms with Gasteiger partial charge in [-0.25, -0.2) is 4.39 Å². The summed E-state index contributed by atoms with van der Waals surface area (Å²) < 4.78 is 18.5. The van der Waals surface area contributed by atoms with Crippen molar-refractivity contribution in [1.29, 1.82) is 0 Å². The number of benzene rings is 1. The van der Waals surface area contributed by atoms with Gasteiger partial charge >= 0.3 is 5.69 Å². The van der Waals surface area contributed by atoms with Crippen molar-refractivity contribution >= 4 is 22.2 Å². The van der Waals surface area contributed by atoms with E-state index in [1.54, 1.807) is 0 Å². The molecular weight excluding hydrogens is 263 g/mol. The molecular formula is C9H7FN4O3S. The lowest BCUT2D eigenvalue weighted by Crippen LogP contribution is -2.01. The number of hydrogen-bond acceptors (Lipinski definition) is 7. The largest absolute Gasteiger partial charge is 0.477 e. The van der Waals surface area contributed by atoms with Crippen LogP contribution < -0.4 is 10.5 Å².